The van der Waals surface area contributed by atoms with E-state index in [2.05, 4.69) is 44.1 Å². The molecular formula is C17H27N2+. The highest BCUT2D eigenvalue weighted by Crippen LogP contribution is 2.14. The highest BCUT2D eigenvalue weighted by molar-refractivity contribution is 5.28. The van der Waals surface area contributed by atoms with Gasteiger partial charge < -0.3 is 0 Å². The Hall–Kier alpha value is -1.40. The molecule has 1 aromatic rings. The first-order chi connectivity index (χ1) is 9.27. The van der Waals surface area contributed by atoms with Gasteiger partial charge >= 0.3 is 6.01 Å². The predicted molar refractivity (Wildman–Crippen MR) is 81.3 cm³/mol. The van der Waals surface area contributed by atoms with E-state index in [0.717, 1.165) is 13.1 Å². The first kappa shape index (κ1) is 15.7. The summed E-state index contributed by atoms with van der Waals surface area (Å²) < 4.78 is 2.02. The molecule has 0 spiro atoms. The van der Waals surface area contributed by atoms with Crippen molar-refractivity contribution in [3.05, 3.63) is 35.9 Å². The lowest BCUT2D eigenvalue weighted by Gasteiger charge is -2.11. The van der Waals surface area contributed by atoms with Crippen LogP contribution < -0.4 is 0 Å². The van der Waals surface area contributed by atoms with Gasteiger partial charge in [0.05, 0.1) is 13.1 Å². The van der Waals surface area contributed by atoms with E-state index in [1.54, 1.807) is 0 Å². The highest BCUT2D eigenvalue weighted by atomic mass is 15.0. The molecule has 19 heavy (non-hydrogen) atoms. The summed E-state index contributed by atoms with van der Waals surface area (Å²) in [5.41, 5.74) is 1.34. The fraction of sp³-hybridized carbons (Fsp3) is 0.588. The maximum absolute atomic E-state index is 7.41. The third-order valence-corrected chi connectivity index (χ3v) is 3.55. The molecule has 0 aliphatic rings. The maximum Gasteiger partial charge on any atom is 0.303 e. The van der Waals surface area contributed by atoms with Crippen molar-refractivity contribution in [1.29, 1.82) is 5.41 Å². The molecule has 0 radical (unpaired) electrons. The molecular weight excluding hydrogens is 232 g/mol. The first-order valence-corrected chi connectivity index (χ1v) is 7.50. The van der Waals surface area contributed by atoms with E-state index < -0.39 is 0 Å². The molecule has 0 aromatic heterocycles. The minimum absolute atomic E-state index is 0.453. The lowest BCUT2D eigenvalue weighted by atomic mass is 10.0. The van der Waals surface area contributed by atoms with Crippen LogP contribution >= 0.6 is 0 Å². The Balaban J connectivity index is 2.34. The van der Waals surface area contributed by atoms with Crippen molar-refractivity contribution in [3.63, 3.8) is 0 Å². The van der Waals surface area contributed by atoms with Gasteiger partial charge in [-0.15, -0.1) is 0 Å². The van der Waals surface area contributed by atoms with E-state index in [9.17, 15) is 0 Å². The van der Waals surface area contributed by atoms with E-state index in [0.29, 0.717) is 5.92 Å². The molecule has 104 valence electrons. The number of hydrogen-bond acceptors (Lipinski definition) is 1. The fourth-order valence-corrected chi connectivity index (χ4v) is 2.32. The summed E-state index contributed by atoms with van der Waals surface area (Å²) in [5.74, 6) is 0.453. The summed E-state index contributed by atoms with van der Waals surface area (Å²) in [5, 5.41) is 7.41. The Morgan fingerprint density at radius 1 is 1.11 bits per heavy atom. The van der Waals surface area contributed by atoms with Crippen LogP contribution in [0.4, 0.5) is 0 Å². The van der Waals surface area contributed by atoms with Gasteiger partial charge in [-0.3, -0.25) is 0 Å². The summed E-state index contributed by atoms with van der Waals surface area (Å²) in [7, 11) is 0. The molecule has 0 heterocycles. The Labute approximate surface area is 117 Å². The van der Waals surface area contributed by atoms with Crippen molar-refractivity contribution in [3.8, 4) is 0 Å². The van der Waals surface area contributed by atoms with Crippen molar-refractivity contribution in [2.75, 3.05) is 13.1 Å². The fourth-order valence-electron chi connectivity index (χ4n) is 2.32. The Morgan fingerprint density at radius 2 is 1.79 bits per heavy atom. The lowest BCUT2D eigenvalue weighted by molar-refractivity contribution is -0.525. The Bertz CT molecular complexity index is 391. The van der Waals surface area contributed by atoms with Gasteiger partial charge in [0, 0.05) is 5.92 Å². The molecule has 1 unspecified atom stereocenters. The summed E-state index contributed by atoms with van der Waals surface area (Å²) in [6.45, 7) is 6.31. The molecule has 0 aliphatic heterocycles. The van der Waals surface area contributed by atoms with E-state index in [1.807, 2.05) is 10.6 Å². The SMILES string of the molecule is CCCCCCC[N+](=C=N)CC(C)c1ccccc1. The summed E-state index contributed by atoms with van der Waals surface area (Å²) in [6.07, 6.45) is 6.37. The number of nitrogens with zero attached hydrogens (tertiary/aromatic N) is 1. The number of nitrogens with one attached hydrogen (secondary N) is 1. The second kappa shape index (κ2) is 9.52. The number of benzene rings is 1. The van der Waals surface area contributed by atoms with Crippen LogP contribution in [-0.4, -0.2) is 23.7 Å². The van der Waals surface area contributed by atoms with Gasteiger partial charge in [0.1, 0.15) is 0 Å². The molecule has 2 heteroatoms. The number of hydrogen-bond donors (Lipinski definition) is 1. The van der Waals surface area contributed by atoms with Gasteiger partial charge in [-0.25, -0.2) is 4.58 Å². The van der Waals surface area contributed by atoms with Crippen molar-refractivity contribution >= 4 is 6.01 Å². The van der Waals surface area contributed by atoms with Crippen LogP contribution in [0.15, 0.2) is 30.3 Å². The zero-order valence-electron chi connectivity index (χ0n) is 12.4. The molecule has 0 saturated carbocycles. The zero-order chi connectivity index (χ0) is 13.9. The third kappa shape index (κ3) is 6.35. The average Bonchev–Trinajstić information content (AvgIpc) is 2.46. The van der Waals surface area contributed by atoms with Gasteiger partial charge in [0.25, 0.3) is 0 Å². The number of rotatable bonds is 9. The van der Waals surface area contributed by atoms with E-state index >= 15 is 0 Å². The zero-order valence-corrected chi connectivity index (χ0v) is 12.4. The van der Waals surface area contributed by atoms with E-state index in [4.69, 9.17) is 5.41 Å². The molecule has 1 atom stereocenters. The minimum Gasteiger partial charge on any atom is -0.220 e. The number of unbranched alkanes of at least 4 members (excludes halogenated alkanes) is 4. The maximum atomic E-state index is 7.41. The standard InChI is InChI=1S/C17H27N2/c1-3-4-5-6-10-13-19(15-18)14-16(2)17-11-8-7-9-12-17/h7-9,11-12,16,18H,3-6,10,13-14H2,1-2H3/q+1. The molecule has 0 amide bonds. The average molecular weight is 259 g/mol. The molecule has 0 aliphatic carbocycles. The third-order valence-electron chi connectivity index (χ3n) is 3.55. The van der Waals surface area contributed by atoms with E-state index in [1.165, 1.54) is 37.7 Å². The topological polar surface area (TPSA) is 26.9 Å². The second-order valence-corrected chi connectivity index (χ2v) is 5.28. The van der Waals surface area contributed by atoms with Gasteiger partial charge in [0.2, 0.25) is 0 Å². The summed E-state index contributed by atoms with van der Waals surface area (Å²) >= 11 is 0. The van der Waals surface area contributed by atoms with Gasteiger partial charge in [0.15, 0.2) is 0 Å². The monoisotopic (exact) mass is 259 g/mol. The lowest BCUT2D eigenvalue weighted by Crippen LogP contribution is -2.18. The van der Waals surface area contributed by atoms with Crippen molar-refractivity contribution < 1.29 is 4.58 Å². The molecule has 1 rings (SSSR count). The van der Waals surface area contributed by atoms with Crippen molar-refractivity contribution in [2.45, 2.75) is 51.9 Å². The molecule has 0 fully saturated rings. The van der Waals surface area contributed by atoms with Crippen LogP contribution in [0.2, 0.25) is 0 Å². The largest absolute Gasteiger partial charge is 0.303 e. The summed E-state index contributed by atoms with van der Waals surface area (Å²) in [4.78, 5) is 0. The van der Waals surface area contributed by atoms with E-state index in [-0.39, 0.29) is 0 Å². The van der Waals surface area contributed by atoms with Gasteiger partial charge in [-0.1, -0.05) is 68.9 Å². The quantitative estimate of drug-likeness (QED) is 0.383. The van der Waals surface area contributed by atoms with Crippen molar-refractivity contribution in [2.24, 2.45) is 0 Å². The van der Waals surface area contributed by atoms with Gasteiger partial charge in [-0.2, -0.15) is 0 Å². The molecule has 1 aromatic carbocycles. The molecule has 0 saturated heterocycles. The van der Waals surface area contributed by atoms with Crippen molar-refractivity contribution in [1.82, 2.24) is 0 Å². The smallest absolute Gasteiger partial charge is 0.220 e. The van der Waals surface area contributed by atoms with Crippen LogP contribution in [0, 0.1) is 5.41 Å². The van der Waals surface area contributed by atoms with Crippen LogP contribution in [0.3, 0.4) is 0 Å². The molecule has 0 bridgehead atoms. The van der Waals surface area contributed by atoms with Crippen LogP contribution in [0.5, 0.6) is 0 Å². The Morgan fingerprint density at radius 3 is 2.42 bits per heavy atom. The molecule has 2 nitrogen and oxygen atoms in total. The highest BCUT2D eigenvalue weighted by Gasteiger charge is 2.10. The molecule has 1 N–H and O–H groups in total. The first-order valence-electron chi connectivity index (χ1n) is 7.50. The second-order valence-electron chi connectivity index (χ2n) is 5.28. The van der Waals surface area contributed by atoms with Gasteiger partial charge in [-0.05, 0) is 18.4 Å². The summed E-state index contributed by atoms with van der Waals surface area (Å²) in [6, 6.07) is 13.1. The van der Waals surface area contributed by atoms with Crippen LogP contribution in [0.1, 0.15) is 57.4 Å². The Kier molecular flexibility index (Phi) is 7.84. The predicted octanol–water partition coefficient (Wildman–Crippen LogP) is 4.53. The van der Waals surface area contributed by atoms with Crippen LogP contribution in [0.25, 0.3) is 0 Å². The van der Waals surface area contributed by atoms with Crippen LogP contribution in [-0.2, 0) is 0 Å². The minimum atomic E-state index is 0.453. The normalized spacial score (nSPS) is 11.9.